The first-order valence-corrected chi connectivity index (χ1v) is 8.44. The predicted octanol–water partition coefficient (Wildman–Crippen LogP) is 3.29. The van der Waals surface area contributed by atoms with Gasteiger partial charge in [0.15, 0.2) is 10.6 Å². The number of hydrogen-bond donors (Lipinski definition) is 2. The lowest BCUT2D eigenvalue weighted by molar-refractivity contribution is -0.121. The summed E-state index contributed by atoms with van der Waals surface area (Å²) in [5.41, 5.74) is 2.27. The van der Waals surface area contributed by atoms with Crippen molar-refractivity contribution < 1.29 is 4.79 Å². The molecule has 23 heavy (non-hydrogen) atoms. The fourth-order valence-electron chi connectivity index (χ4n) is 2.26. The molecule has 0 unspecified atom stereocenters. The molecule has 0 aliphatic heterocycles. The highest BCUT2D eigenvalue weighted by Gasteiger charge is 2.13. The molecule has 2 heterocycles. The summed E-state index contributed by atoms with van der Waals surface area (Å²) in [4.78, 5) is 13.2. The Labute approximate surface area is 143 Å². The van der Waals surface area contributed by atoms with Gasteiger partial charge in [0.25, 0.3) is 0 Å². The number of benzene rings is 1. The number of carbonyl (C=O) groups is 1. The highest BCUT2D eigenvalue weighted by molar-refractivity contribution is 7.71. The summed E-state index contributed by atoms with van der Waals surface area (Å²) in [5, 5.41) is 11.9. The molecule has 1 aromatic carbocycles. The molecule has 5 nitrogen and oxygen atoms in total. The van der Waals surface area contributed by atoms with Crippen molar-refractivity contribution in [2.75, 3.05) is 0 Å². The third kappa shape index (κ3) is 3.57. The number of amides is 1. The molecule has 0 aliphatic carbocycles. The Kier molecular flexibility index (Phi) is 4.68. The zero-order valence-corrected chi connectivity index (χ0v) is 14.2. The monoisotopic (exact) mass is 344 g/mol. The number of hydrogen-bond acceptors (Lipinski definition) is 4. The Morgan fingerprint density at radius 2 is 2.17 bits per heavy atom. The van der Waals surface area contributed by atoms with E-state index < -0.39 is 0 Å². The van der Waals surface area contributed by atoms with Crippen LogP contribution in [0.5, 0.6) is 0 Å². The minimum Gasteiger partial charge on any atom is -0.350 e. The van der Waals surface area contributed by atoms with Gasteiger partial charge >= 0.3 is 0 Å². The maximum atomic E-state index is 12.3. The van der Waals surface area contributed by atoms with Gasteiger partial charge in [0.1, 0.15) is 6.54 Å². The number of nitrogens with zero attached hydrogens (tertiary/aromatic N) is 2. The van der Waals surface area contributed by atoms with E-state index in [2.05, 4.69) is 15.5 Å². The lowest BCUT2D eigenvalue weighted by atomic mass is 10.1. The number of aryl methyl sites for hydroxylation is 1. The molecule has 1 amide bonds. The molecular weight excluding hydrogens is 328 g/mol. The van der Waals surface area contributed by atoms with Crippen LogP contribution >= 0.6 is 23.6 Å². The van der Waals surface area contributed by atoms with Crippen LogP contribution in [0.2, 0.25) is 0 Å². The summed E-state index contributed by atoms with van der Waals surface area (Å²) in [6.45, 7) is 2.68. The second kappa shape index (κ2) is 6.89. The zero-order valence-electron chi connectivity index (χ0n) is 12.6. The number of nitrogens with one attached hydrogen (secondary N) is 2. The predicted molar refractivity (Wildman–Crippen MR) is 93.8 cm³/mol. The quantitative estimate of drug-likeness (QED) is 0.698. The number of aromatic nitrogens is 3. The van der Waals surface area contributed by atoms with E-state index in [9.17, 15) is 4.79 Å². The molecule has 0 spiro atoms. The molecule has 0 saturated heterocycles. The molecule has 0 fully saturated rings. The standard InChI is InChI=1S/C16H16N4OS2/c1-11-5-2-3-6-12(11)9-17-14(21)10-20-15(18-19-16(20)22)13-7-4-8-23-13/h2-8H,9-10H2,1H3,(H,17,21)(H,19,22). The Morgan fingerprint density at radius 1 is 1.35 bits per heavy atom. The Bertz CT molecular complexity index is 864. The summed E-state index contributed by atoms with van der Waals surface area (Å²) in [5.74, 6) is 0.597. The molecule has 3 rings (SSSR count). The van der Waals surface area contributed by atoms with Crippen molar-refractivity contribution in [1.29, 1.82) is 0 Å². The van der Waals surface area contributed by atoms with Crippen LogP contribution in [0.25, 0.3) is 10.7 Å². The first-order chi connectivity index (χ1) is 11.1. The number of rotatable bonds is 5. The third-order valence-electron chi connectivity index (χ3n) is 3.54. The van der Waals surface area contributed by atoms with Crippen LogP contribution in [-0.2, 0) is 17.9 Å². The van der Waals surface area contributed by atoms with Gasteiger partial charge in [-0.2, -0.15) is 5.10 Å². The topological polar surface area (TPSA) is 62.7 Å². The Hall–Kier alpha value is -2.25. The Balaban J connectivity index is 1.70. The minimum atomic E-state index is -0.0939. The van der Waals surface area contributed by atoms with Crippen LogP contribution in [-0.4, -0.2) is 20.7 Å². The fraction of sp³-hybridized carbons (Fsp3) is 0.188. The van der Waals surface area contributed by atoms with Crippen molar-refractivity contribution in [1.82, 2.24) is 20.1 Å². The minimum absolute atomic E-state index is 0.0939. The van der Waals surface area contributed by atoms with Crippen LogP contribution in [0.3, 0.4) is 0 Å². The van der Waals surface area contributed by atoms with E-state index in [0.717, 1.165) is 16.0 Å². The largest absolute Gasteiger partial charge is 0.350 e. The van der Waals surface area contributed by atoms with Gasteiger partial charge in [-0.05, 0) is 41.7 Å². The average molecular weight is 344 g/mol. The normalized spacial score (nSPS) is 10.7. The van der Waals surface area contributed by atoms with Crippen LogP contribution in [0.15, 0.2) is 41.8 Å². The van der Waals surface area contributed by atoms with Gasteiger partial charge in [-0.1, -0.05) is 30.3 Å². The molecule has 3 aromatic rings. The molecule has 0 bridgehead atoms. The third-order valence-corrected chi connectivity index (χ3v) is 4.72. The second-order valence-electron chi connectivity index (χ2n) is 5.12. The molecule has 0 saturated carbocycles. The lowest BCUT2D eigenvalue weighted by Crippen LogP contribution is -2.27. The maximum absolute atomic E-state index is 12.3. The van der Waals surface area contributed by atoms with Gasteiger partial charge in [0.2, 0.25) is 5.91 Å². The van der Waals surface area contributed by atoms with Crippen molar-refractivity contribution >= 4 is 29.5 Å². The SMILES string of the molecule is Cc1ccccc1CNC(=O)Cn1c(-c2cccs2)n[nH]c1=S. The maximum Gasteiger partial charge on any atom is 0.240 e. The molecule has 118 valence electrons. The van der Waals surface area contributed by atoms with E-state index in [0.29, 0.717) is 17.1 Å². The van der Waals surface area contributed by atoms with Crippen LogP contribution in [0, 0.1) is 11.7 Å². The van der Waals surface area contributed by atoms with Gasteiger partial charge in [0.05, 0.1) is 4.88 Å². The van der Waals surface area contributed by atoms with Crippen LogP contribution in [0.4, 0.5) is 0 Å². The molecular formula is C16H16N4OS2. The van der Waals surface area contributed by atoms with Gasteiger partial charge < -0.3 is 5.32 Å². The second-order valence-corrected chi connectivity index (χ2v) is 6.45. The number of carbonyl (C=O) groups excluding carboxylic acids is 1. The lowest BCUT2D eigenvalue weighted by Gasteiger charge is -2.09. The van der Waals surface area contributed by atoms with E-state index in [1.807, 2.05) is 48.7 Å². The number of thiophene rings is 1. The summed E-state index contributed by atoms with van der Waals surface area (Å²) >= 11 is 6.79. The van der Waals surface area contributed by atoms with Crippen molar-refractivity contribution in [2.24, 2.45) is 0 Å². The van der Waals surface area contributed by atoms with E-state index >= 15 is 0 Å². The van der Waals surface area contributed by atoms with Gasteiger partial charge in [-0.25, -0.2) is 0 Å². The summed E-state index contributed by atoms with van der Waals surface area (Å²) in [6.07, 6.45) is 0. The van der Waals surface area contributed by atoms with Crippen molar-refractivity contribution in [3.05, 3.63) is 57.7 Å². The number of aromatic amines is 1. The summed E-state index contributed by atoms with van der Waals surface area (Å²) in [7, 11) is 0. The van der Waals surface area contributed by atoms with E-state index in [1.165, 1.54) is 0 Å². The fourth-order valence-corrected chi connectivity index (χ4v) is 3.18. The molecule has 0 radical (unpaired) electrons. The van der Waals surface area contributed by atoms with Crippen LogP contribution in [0.1, 0.15) is 11.1 Å². The Morgan fingerprint density at radius 3 is 2.91 bits per heavy atom. The summed E-state index contributed by atoms with van der Waals surface area (Å²) < 4.78 is 2.16. The van der Waals surface area contributed by atoms with Gasteiger partial charge in [0, 0.05) is 6.54 Å². The smallest absolute Gasteiger partial charge is 0.240 e. The summed E-state index contributed by atoms with van der Waals surface area (Å²) in [6, 6.07) is 11.9. The highest BCUT2D eigenvalue weighted by Crippen LogP contribution is 2.22. The van der Waals surface area contributed by atoms with E-state index in [1.54, 1.807) is 15.9 Å². The first-order valence-electron chi connectivity index (χ1n) is 7.15. The average Bonchev–Trinajstić information content (AvgIpc) is 3.17. The molecule has 0 atom stereocenters. The molecule has 2 N–H and O–H groups in total. The van der Waals surface area contributed by atoms with Crippen molar-refractivity contribution in [3.63, 3.8) is 0 Å². The molecule has 0 aliphatic rings. The van der Waals surface area contributed by atoms with Crippen molar-refractivity contribution in [2.45, 2.75) is 20.0 Å². The number of H-pyrrole nitrogens is 1. The van der Waals surface area contributed by atoms with Crippen molar-refractivity contribution in [3.8, 4) is 10.7 Å². The zero-order chi connectivity index (χ0) is 16.2. The van der Waals surface area contributed by atoms with E-state index in [-0.39, 0.29) is 12.5 Å². The highest BCUT2D eigenvalue weighted by atomic mass is 32.1. The molecule has 2 aromatic heterocycles. The molecule has 7 heteroatoms. The van der Waals surface area contributed by atoms with Gasteiger partial charge in [-0.3, -0.25) is 14.5 Å². The van der Waals surface area contributed by atoms with Gasteiger partial charge in [-0.15, -0.1) is 11.3 Å². The van der Waals surface area contributed by atoms with Crippen LogP contribution < -0.4 is 5.32 Å². The van der Waals surface area contributed by atoms with E-state index in [4.69, 9.17) is 12.2 Å². The first kappa shape index (κ1) is 15.6.